The van der Waals surface area contributed by atoms with Gasteiger partial charge < -0.3 is 10.1 Å². The van der Waals surface area contributed by atoms with E-state index in [9.17, 15) is 0 Å². The van der Waals surface area contributed by atoms with Gasteiger partial charge in [0.2, 0.25) is 0 Å². The summed E-state index contributed by atoms with van der Waals surface area (Å²) in [5.41, 5.74) is 1.31. The maximum Gasteiger partial charge on any atom is 0.122 e. The third-order valence-corrected chi connectivity index (χ3v) is 3.62. The smallest absolute Gasteiger partial charge is 0.122 e. The van der Waals surface area contributed by atoms with Crippen LogP contribution in [-0.2, 0) is 6.42 Å². The van der Waals surface area contributed by atoms with Gasteiger partial charge in [-0.1, -0.05) is 32.0 Å². The van der Waals surface area contributed by atoms with Crippen molar-refractivity contribution >= 4 is 0 Å². The zero-order valence-electron chi connectivity index (χ0n) is 11.6. The summed E-state index contributed by atoms with van der Waals surface area (Å²) in [6, 6.07) is 8.91. The van der Waals surface area contributed by atoms with Gasteiger partial charge in [0.05, 0.1) is 0 Å². The molecule has 0 saturated heterocycles. The Labute approximate surface area is 111 Å². The van der Waals surface area contributed by atoms with Gasteiger partial charge in [-0.3, -0.25) is 0 Å². The van der Waals surface area contributed by atoms with Crippen LogP contribution in [-0.4, -0.2) is 19.2 Å². The first-order chi connectivity index (χ1) is 8.85. The molecular formula is C16H25NO. The number of aryl methyl sites for hydroxylation is 1. The van der Waals surface area contributed by atoms with E-state index >= 15 is 0 Å². The van der Waals surface area contributed by atoms with Crippen LogP contribution in [0.15, 0.2) is 24.3 Å². The Bertz CT molecular complexity index is 360. The summed E-state index contributed by atoms with van der Waals surface area (Å²) in [4.78, 5) is 0. The zero-order chi connectivity index (χ0) is 12.8. The van der Waals surface area contributed by atoms with Gasteiger partial charge in [0, 0.05) is 6.04 Å². The van der Waals surface area contributed by atoms with E-state index in [0.29, 0.717) is 6.04 Å². The second-order valence-electron chi connectivity index (χ2n) is 5.17. The van der Waals surface area contributed by atoms with Crippen molar-refractivity contribution < 1.29 is 4.74 Å². The molecule has 2 heteroatoms. The number of para-hydroxylation sites is 1. The molecule has 0 amide bonds. The second-order valence-corrected chi connectivity index (χ2v) is 5.17. The summed E-state index contributed by atoms with van der Waals surface area (Å²) < 4.78 is 6.03. The van der Waals surface area contributed by atoms with Crippen molar-refractivity contribution in [2.75, 3.05) is 13.2 Å². The van der Waals surface area contributed by atoms with Crippen LogP contribution in [0.4, 0.5) is 0 Å². The first-order valence-electron chi connectivity index (χ1n) is 7.29. The van der Waals surface area contributed by atoms with Gasteiger partial charge in [-0.25, -0.2) is 0 Å². The molecule has 2 rings (SSSR count). The highest BCUT2D eigenvalue weighted by Crippen LogP contribution is 2.33. The molecule has 0 radical (unpaired) electrons. The lowest BCUT2D eigenvalue weighted by molar-refractivity contribution is 0.247. The summed E-state index contributed by atoms with van der Waals surface area (Å²) in [7, 11) is 0. The Morgan fingerprint density at radius 2 is 2.06 bits per heavy atom. The topological polar surface area (TPSA) is 21.3 Å². The van der Waals surface area contributed by atoms with Gasteiger partial charge in [0.15, 0.2) is 0 Å². The predicted octanol–water partition coefficient (Wildman–Crippen LogP) is 3.41. The Balaban J connectivity index is 1.88. The van der Waals surface area contributed by atoms with E-state index in [1.54, 1.807) is 0 Å². The lowest BCUT2D eigenvalue weighted by Gasteiger charge is -2.19. The number of nitrogens with one attached hydrogen (secondary N) is 1. The van der Waals surface area contributed by atoms with Gasteiger partial charge in [-0.05, 0) is 49.8 Å². The van der Waals surface area contributed by atoms with E-state index in [4.69, 9.17) is 4.74 Å². The molecule has 1 fully saturated rings. The molecule has 1 atom stereocenters. The van der Waals surface area contributed by atoms with Crippen LogP contribution < -0.4 is 10.1 Å². The predicted molar refractivity (Wildman–Crippen MR) is 76.1 cm³/mol. The molecule has 1 aliphatic rings. The van der Waals surface area contributed by atoms with Gasteiger partial charge in [0.25, 0.3) is 0 Å². The van der Waals surface area contributed by atoms with Crippen LogP contribution in [0.25, 0.3) is 0 Å². The van der Waals surface area contributed by atoms with E-state index in [1.165, 1.54) is 24.8 Å². The maximum atomic E-state index is 6.03. The standard InChI is InChI=1S/C16H25NO/c1-3-11-17-15(14-9-10-14)12-18-16-8-6-5-7-13(16)4-2/h5-8,14-15,17H,3-4,9-12H2,1-2H3. The Morgan fingerprint density at radius 1 is 1.28 bits per heavy atom. The first-order valence-corrected chi connectivity index (χ1v) is 7.29. The fourth-order valence-corrected chi connectivity index (χ4v) is 2.31. The summed E-state index contributed by atoms with van der Waals surface area (Å²) in [6.45, 7) is 6.29. The lowest BCUT2D eigenvalue weighted by atomic mass is 10.1. The SMILES string of the molecule is CCCNC(COc1ccccc1CC)C1CC1. The average molecular weight is 247 g/mol. The van der Waals surface area contributed by atoms with Crippen LogP contribution in [0.3, 0.4) is 0 Å². The number of hydrogen-bond donors (Lipinski definition) is 1. The quantitative estimate of drug-likeness (QED) is 0.760. The van der Waals surface area contributed by atoms with E-state index in [0.717, 1.165) is 31.2 Å². The van der Waals surface area contributed by atoms with Crippen LogP contribution in [0.2, 0.25) is 0 Å². The molecule has 1 N–H and O–H groups in total. The van der Waals surface area contributed by atoms with Crippen LogP contribution in [0, 0.1) is 5.92 Å². The molecule has 0 spiro atoms. The van der Waals surface area contributed by atoms with Crippen LogP contribution in [0.1, 0.15) is 38.7 Å². The molecular weight excluding hydrogens is 222 g/mol. The third kappa shape index (κ3) is 3.74. The molecule has 1 aromatic carbocycles. The third-order valence-electron chi connectivity index (χ3n) is 3.62. The molecule has 0 heterocycles. The van der Waals surface area contributed by atoms with E-state index in [1.807, 2.05) is 0 Å². The zero-order valence-corrected chi connectivity index (χ0v) is 11.6. The summed E-state index contributed by atoms with van der Waals surface area (Å²) in [6.07, 6.45) is 4.95. The van der Waals surface area contributed by atoms with Crippen LogP contribution in [0.5, 0.6) is 5.75 Å². The fourth-order valence-electron chi connectivity index (χ4n) is 2.31. The van der Waals surface area contributed by atoms with E-state index in [2.05, 4.69) is 43.4 Å². The number of benzene rings is 1. The molecule has 0 aliphatic heterocycles. The highest BCUT2D eigenvalue weighted by atomic mass is 16.5. The summed E-state index contributed by atoms with van der Waals surface area (Å²) in [5, 5.41) is 3.61. The number of ether oxygens (including phenoxy) is 1. The number of rotatable bonds is 8. The van der Waals surface area contributed by atoms with E-state index < -0.39 is 0 Å². The molecule has 0 bridgehead atoms. The van der Waals surface area contributed by atoms with Crippen molar-refractivity contribution in [2.24, 2.45) is 5.92 Å². The molecule has 18 heavy (non-hydrogen) atoms. The highest BCUT2D eigenvalue weighted by Gasteiger charge is 2.31. The van der Waals surface area contributed by atoms with Gasteiger partial charge in [-0.2, -0.15) is 0 Å². The minimum Gasteiger partial charge on any atom is -0.492 e. The second kappa shape index (κ2) is 6.79. The largest absolute Gasteiger partial charge is 0.492 e. The molecule has 1 aromatic rings. The van der Waals surface area contributed by atoms with Crippen molar-refractivity contribution in [1.82, 2.24) is 5.32 Å². The van der Waals surface area contributed by atoms with Crippen molar-refractivity contribution in [3.05, 3.63) is 29.8 Å². The molecule has 1 saturated carbocycles. The maximum absolute atomic E-state index is 6.03. The Hall–Kier alpha value is -1.02. The van der Waals surface area contributed by atoms with Crippen molar-refractivity contribution in [1.29, 1.82) is 0 Å². The number of hydrogen-bond acceptors (Lipinski definition) is 2. The Morgan fingerprint density at radius 3 is 2.72 bits per heavy atom. The first kappa shape index (κ1) is 13.4. The lowest BCUT2D eigenvalue weighted by Crippen LogP contribution is -2.37. The molecule has 0 aromatic heterocycles. The molecule has 1 aliphatic carbocycles. The average Bonchev–Trinajstić information content (AvgIpc) is 3.24. The summed E-state index contributed by atoms with van der Waals surface area (Å²) >= 11 is 0. The van der Waals surface area contributed by atoms with Gasteiger partial charge in [-0.15, -0.1) is 0 Å². The minimum atomic E-state index is 0.537. The van der Waals surface area contributed by atoms with Crippen molar-refractivity contribution in [3.63, 3.8) is 0 Å². The molecule has 2 nitrogen and oxygen atoms in total. The van der Waals surface area contributed by atoms with Crippen molar-refractivity contribution in [2.45, 2.75) is 45.6 Å². The Kier molecular flexibility index (Phi) is 5.06. The monoisotopic (exact) mass is 247 g/mol. The highest BCUT2D eigenvalue weighted by molar-refractivity contribution is 5.33. The van der Waals surface area contributed by atoms with Crippen molar-refractivity contribution in [3.8, 4) is 5.75 Å². The van der Waals surface area contributed by atoms with E-state index in [-0.39, 0.29) is 0 Å². The molecule has 100 valence electrons. The van der Waals surface area contributed by atoms with Crippen LogP contribution >= 0.6 is 0 Å². The minimum absolute atomic E-state index is 0.537. The van der Waals surface area contributed by atoms with Gasteiger partial charge in [0.1, 0.15) is 12.4 Å². The summed E-state index contributed by atoms with van der Waals surface area (Å²) in [5.74, 6) is 1.90. The molecule has 1 unspecified atom stereocenters. The van der Waals surface area contributed by atoms with Gasteiger partial charge >= 0.3 is 0 Å². The normalized spacial score (nSPS) is 16.6. The fraction of sp³-hybridized carbons (Fsp3) is 0.625.